The summed E-state index contributed by atoms with van der Waals surface area (Å²) in [6.07, 6.45) is 3.21. The Bertz CT molecular complexity index is 417. The molecule has 0 aromatic carbocycles. The minimum atomic E-state index is -3.49. The molecule has 1 heterocycles. The zero-order valence-corrected chi connectivity index (χ0v) is 9.93. The lowest BCUT2D eigenvalue weighted by atomic mass is 10.1. The van der Waals surface area contributed by atoms with Crippen LogP contribution >= 0.6 is 10.7 Å². The van der Waals surface area contributed by atoms with Crippen LogP contribution in [0, 0.1) is 0 Å². The van der Waals surface area contributed by atoms with Gasteiger partial charge < -0.3 is 0 Å². The lowest BCUT2D eigenvalue weighted by Crippen LogP contribution is -2.21. The van der Waals surface area contributed by atoms with Crippen LogP contribution < -0.4 is 0 Å². The molecule has 0 aliphatic heterocycles. The average Bonchev–Trinajstić information content (AvgIpc) is 2.29. The summed E-state index contributed by atoms with van der Waals surface area (Å²) in [4.78, 5) is 0. The molecule has 0 fully saturated rings. The number of aromatic nitrogens is 2. The Morgan fingerprint density at radius 1 is 1.50 bits per heavy atom. The van der Waals surface area contributed by atoms with Gasteiger partial charge in [-0.1, -0.05) is 0 Å². The van der Waals surface area contributed by atoms with E-state index in [9.17, 15) is 8.42 Å². The molecule has 0 N–H and O–H groups in total. The van der Waals surface area contributed by atoms with E-state index >= 15 is 0 Å². The molecule has 0 spiro atoms. The van der Waals surface area contributed by atoms with E-state index in [-0.39, 0.29) is 11.3 Å². The second kappa shape index (κ2) is 3.55. The molecule has 0 saturated carbocycles. The highest BCUT2D eigenvalue weighted by Crippen LogP contribution is 2.15. The van der Waals surface area contributed by atoms with Crippen molar-refractivity contribution in [2.24, 2.45) is 0 Å². The minimum Gasteiger partial charge on any atom is -0.267 e. The zero-order chi connectivity index (χ0) is 11.0. The van der Waals surface area contributed by atoms with E-state index in [4.69, 9.17) is 10.7 Å². The maximum Gasteiger partial charge on any atom is 0.236 e. The molecule has 14 heavy (non-hydrogen) atoms. The molecule has 0 bridgehead atoms. The maximum atomic E-state index is 10.8. The summed E-state index contributed by atoms with van der Waals surface area (Å²) in [7, 11) is 1.64. The number of halogens is 1. The van der Waals surface area contributed by atoms with Gasteiger partial charge in [0.25, 0.3) is 0 Å². The smallest absolute Gasteiger partial charge is 0.236 e. The van der Waals surface area contributed by atoms with Crippen molar-refractivity contribution in [2.75, 3.05) is 0 Å². The van der Waals surface area contributed by atoms with Crippen molar-refractivity contribution in [1.29, 1.82) is 0 Å². The van der Waals surface area contributed by atoms with Crippen molar-refractivity contribution in [2.45, 2.75) is 32.1 Å². The zero-order valence-electron chi connectivity index (χ0n) is 8.36. The third kappa shape index (κ3) is 3.31. The van der Waals surface area contributed by atoms with Gasteiger partial charge in [0.2, 0.25) is 9.05 Å². The molecule has 0 unspecified atom stereocenters. The number of nitrogens with zero attached hydrogens (tertiary/aromatic N) is 2. The maximum absolute atomic E-state index is 10.8. The summed E-state index contributed by atoms with van der Waals surface area (Å²) < 4.78 is 23.3. The van der Waals surface area contributed by atoms with Gasteiger partial charge in [-0.3, -0.25) is 4.68 Å². The van der Waals surface area contributed by atoms with Crippen molar-refractivity contribution in [3.63, 3.8) is 0 Å². The second-order valence-electron chi connectivity index (χ2n) is 4.15. The number of hydrogen-bond donors (Lipinski definition) is 0. The molecule has 1 rings (SSSR count). The predicted octanol–water partition coefficient (Wildman–Crippen LogP) is 1.71. The third-order valence-corrected chi connectivity index (χ3v) is 2.67. The molecule has 0 radical (unpaired) electrons. The molecule has 0 aliphatic rings. The highest BCUT2D eigenvalue weighted by atomic mass is 35.7. The van der Waals surface area contributed by atoms with E-state index in [2.05, 4.69) is 5.10 Å². The first kappa shape index (κ1) is 11.5. The monoisotopic (exact) mass is 236 g/mol. The summed E-state index contributed by atoms with van der Waals surface area (Å²) in [5.41, 5.74) is 0.462. The predicted molar refractivity (Wildman–Crippen MR) is 55.7 cm³/mol. The lowest BCUT2D eigenvalue weighted by molar-refractivity contribution is 0.355. The average molecular weight is 237 g/mol. The van der Waals surface area contributed by atoms with Crippen LogP contribution in [0.15, 0.2) is 12.4 Å². The summed E-state index contributed by atoms with van der Waals surface area (Å²) in [6.45, 7) is 5.96. The Morgan fingerprint density at radius 2 is 2.07 bits per heavy atom. The van der Waals surface area contributed by atoms with Gasteiger partial charge in [-0.15, -0.1) is 0 Å². The lowest BCUT2D eigenvalue weighted by Gasteiger charge is -2.18. The molecular formula is C8H13ClN2O2S. The van der Waals surface area contributed by atoms with Gasteiger partial charge in [-0.25, -0.2) is 8.42 Å². The van der Waals surface area contributed by atoms with E-state index in [0.717, 1.165) is 0 Å². The first-order chi connectivity index (χ1) is 6.18. The van der Waals surface area contributed by atoms with E-state index in [0.29, 0.717) is 5.56 Å². The van der Waals surface area contributed by atoms with Gasteiger partial charge in [0, 0.05) is 22.4 Å². The highest BCUT2D eigenvalue weighted by molar-refractivity contribution is 8.13. The fourth-order valence-electron chi connectivity index (χ4n) is 1.00. The van der Waals surface area contributed by atoms with Gasteiger partial charge in [0.05, 0.1) is 17.5 Å². The first-order valence-corrected chi connectivity index (χ1v) is 6.63. The fourth-order valence-corrected chi connectivity index (χ4v) is 1.93. The summed E-state index contributed by atoms with van der Waals surface area (Å²) in [5, 5.41) is 4.07. The van der Waals surface area contributed by atoms with Gasteiger partial charge in [-0.2, -0.15) is 5.10 Å². The van der Waals surface area contributed by atoms with Crippen LogP contribution in [0.2, 0.25) is 0 Å². The topological polar surface area (TPSA) is 52.0 Å². The van der Waals surface area contributed by atoms with Gasteiger partial charge in [0.1, 0.15) is 0 Å². The van der Waals surface area contributed by atoms with Crippen molar-refractivity contribution in [3.05, 3.63) is 18.0 Å². The standard InChI is InChI=1S/C8H13ClN2O2S/c1-8(2,3)11-5-7(4-10-11)6-14(9,12)13/h4-5H,6H2,1-3H3. The van der Waals surface area contributed by atoms with Crippen molar-refractivity contribution in [1.82, 2.24) is 9.78 Å². The second-order valence-corrected chi connectivity index (χ2v) is 6.92. The molecule has 4 nitrogen and oxygen atoms in total. The number of rotatable bonds is 2. The molecule has 1 aromatic heterocycles. The van der Waals surface area contributed by atoms with Crippen molar-refractivity contribution in [3.8, 4) is 0 Å². The van der Waals surface area contributed by atoms with Crippen LogP contribution in [-0.2, 0) is 20.3 Å². The highest BCUT2D eigenvalue weighted by Gasteiger charge is 2.16. The van der Waals surface area contributed by atoms with Gasteiger partial charge in [0.15, 0.2) is 0 Å². The summed E-state index contributed by atoms with van der Waals surface area (Å²) in [6, 6.07) is 0. The van der Waals surface area contributed by atoms with Crippen LogP contribution in [-0.4, -0.2) is 18.2 Å². The molecular weight excluding hydrogens is 224 g/mol. The Kier molecular flexibility index (Phi) is 2.92. The summed E-state index contributed by atoms with van der Waals surface area (Å²) in [5.74, 6) is -0.176. The van der Waals surface area contributed by atoms with Crippen LogP contribution in [0.3, 0.4) is 0 Å². The van der Waals surface area contributed by atoms with Crippen LogP contribution in [0.25, 0.3) is 0 Å². The van der Waals surface area contributed by atoms with Crippen LogP contribution in [0.1, 0.15) is 26.3 Å². The Balaban J connectivity index is 2.90. The van der Waals surface area contributed by atoms with E-state index < -0.39 is 9.05 Å². The Morgan fingerprint density at radius 3 is 2.43 bits per heavy atom. The van der Waals surface area contributed by atoms with E-state index in [1.54, 1.807) is 10.9 Å². The molecule has 0 saturated heterocycles. The third-order valence-electron chi connectivity index (χ3n) is 1.66. The molecule has 0 amide bonds. The molecule has 0 atom stereocenters. The molecule has 6 heteroatoms. The Hall–Kier alpha value is -0.550. The molecule has 80 valence electrons. The van der Waals surface area contributed by atoms with Crippen molar-refractivity contribution < 1.29 is 8.42 Å². The van der Waals surface area contributed by atoms with Crippen LogP contribution in [0.5, 0.6) is 0 Å². The van der Waals surface area contributed by atoms with Crippen LogP contribution in [0.4, 0.5) is 0 Å². The summed E-state index contributed by atoms with van der Waals surface area (Å²) >= 11 is 0. The molecule has 0 aliphatic carbocycles. The molecule has 1 aromatic rings. The quantitative estimate of drug-likeness (QED) is 0.735. The largest absolute Gasteiger partial charge is 0.267 e. The number of hydrogen-bond acceptors (Lipinski definition) is 3. The normalized spacial score (nSPS) is 13.1. The van der Waals surface area contributed by atoms with Gasteiger partial charge >= 0.3 is 0 Å². The SMILES string of the molecule is CC(C)(C)n1cc(CS(=O)(=O)Cl)cn1. The van der Waals surface area contributed by atoms with E-state index in [1.165, 1.54) is 6.20 Å². The Labute approximate surface area is 88.3 Å². The minimum absolute atomic E-state index is 0.145. The van der Waals surface area contributed by atoms with Gasteiger partial charge in [-0.05, 0) is 20.8 Å². The van der Waals surface area contributed by atoms with E-state index in [1.807, 2.05) is 20.8 Å². The first-order valence-electron chi connectivity index (χ1n) is 4.15. The fraction of sp³-hybridized carbons (Fsp3) is 0.625. The van der Waals surface area contributed by atoms with Crippen molar-refractivity contribution >= 4 is 19.7 Å².